The molecular weight excluding hydrogens is 124 g/mol. The van der Waals surface area contributed by atoms with E-state index in [0.717, 1.165) is 0 Å². The molecule has 1 radical (unpaired) electrons. The molecule has 0 aliphatic carbocycles. The topological polar surface area (TPSA) is 17.1 Å². The van der Waals surface area contributed by atoms with Gasteiger partial charge < -0.3 is 0 Å². The van der Waals surface area contributed by atoms with E-state index in [4.69, 9.17) is 0 Å². The van der Waals surface area contributed by atoms with Gasteiger partial charge in [0.05, 0.1) is 0 Å². The van der Waals surface area contributed by atoms with E-state index in [-0.39, 0.29) is 0 Å². The molecule has 0 heterocycles. The molecule has 0 saturated carbocycles. The predicted octanol–water partition coefficient (Wildman–Crippen LogP) is 2.17. The molecule has 0 fully saturated rings. The van der Waals surface area contributed by atoms with E-state index in [1.165, 1.54) is 0 Å². The highest BCUT2D eigenvalue weighted by molar-refractivity contribution is 5.53. The molecule has 0 amide bonds. The lowest BCUT2D eigenvalue weighted by molar-refractivity contribution is 0.556. The van der Waals surface area contributed by atoms with Gasteiger partial charge in [0.25, 0.3) is 0 Å². The van der Waals surface area contributed by atoms with Crippen molar-refractivity contribution in [2.45, 2.75) is 13.3 Å². The maximum absolute atomic E-state index is 9.68. The van der Waals surface area contributed by atoms with Gasteiger partial charge in [-0.15, -0.1) is 0 Å². The van der Waals surface area contributed by atoms with Crippen molar-refractivity contribution in [2.75, 3.05) is 0 Å². The number of carbonyl (C=O) groups excluding carboxylic acids is 1. The molecule has 1 nitrogen and oxygen atoms in total. The Bertz CT molecular complexity index is 152. The normalized spacial score (nSPS) is 12.1. The molecule has 0 atom stereocenters. The van der Waals surface area contributed by atoms with Crippen LogP contribution in [0, 0.1) is 0 Å². The van der Waals surface area contributed by atoms with Gasteiger partial charge in [0.15, 0.2) is 0 Å². The zero-order valence-corrected chi connectivity index (χ0v) is 6.08. The highest BCUT2D eigenvalue weighted by Gasteiger charge is 1.68. The quantitative estimate of drug-likeness (QED) is 0.540. The van der Waals surface area contributed by atoms with Crippen molar-refractivity contribution < 1.29 is 4.79 Å². The van der Waals surface area contributed by atoms with Gasteiger partial charge in [0, 0.05) is 6.42 Å². The van der Waals surface area contributed by atoms with Crippen LogP contribution in [-0.2, 0) is 4.79 Å². The van der Waals surface area contributed by atoms with E-state index in [2.05, 4.69) is 0 Å². The second-order valence-corrected chi connectivity index (χ2v) is 1.69. The molecule has 0 rings (SSSR count). The molecule has 0 aromatic rings. The van der Waals surface area contributed by atoms with E-state index in [1.807, 2.05) is 37.3 Å². The molecule has 0 unspecified atom stereocenters. The van der Waals surface area contributed by atoms with Crippen LogP contribution in [0.1, 0.15) is 13.3 Å². The predicted molar refractivity (Wildman–Crippen MR) is 43.4 cm³/mol. The van der Waals surface area contributed by atoms with Gasteiger partial charge in [0.2, 0.25) is 6.29 Å². The second kappa shape index (κ2) is 7.89. The zero-order valence-electron chi connectivity index (χ0n) is 6.08. The van der Waals surface area contributed by atoms with Gasteiger partial charge in [-0.2, -0.15) is 0 Å². The summed E-state index contributed by atoms with van der Waals surface area (Å²) in [7, 11) is 0. The first-order chi connectivity index (χ1) is 4.91. The first-order valence-electron chi connectivity index (χ1n) is 3.21. The fourth-order valence-electron chi connectivity index (χ4n) is 0.434. The fourth-order valence-corrected chi connectivity index (χ4v) is 0.434. The lowest BCUT2D eigenvalue weighted by Crippen LogP contribution is -1.62. The summed E-state index contributed by atoms with van der Waals surface area (Å²) in [5, 5.41) is 0. The summed E-state index contributed by atoms with van der Waals surface area (Å²) in [5.41, 5.74) is 0. The molecule has 10 heavy (non-hydrogen) atoms. The van der Waals surface area contributed by atoms with E-state index in [9.17, 15) is 4.79 Å². The minimum Gasteiger partial charge on any atom is -0.291 e. The Labute approximate surface area is 61.8 Å². The lowest BCUT2D eigenvalue weighted by atomic mass is 10.3. The summed E-state index contributed by atoms with van der Waals surface area (Å²) in [4.78, 5) is 9.68. The summed E-state index contributed by atoms with van der Waals surface area (Å²) in [5.74, 6) is 0. The molecule has 0 N–H and O–H groups in total. The minimum atomic E-state index is 0.375. The largest absolute Gasteiger partial charge is 0.291 e. The number of hydrogen-bond acceptors (Lipinski definition) is 1. The highest BCUT2D eigenvalue weighted by Crippen LogP contribution is 1.81. The maximum Gasteiger partial charge on any atom is 0.202 e. The first kappa shape index (κ1) is 8.89. The van der Waals surface area contributed by atoms with Gasteiger partial charge >= 0.3 is 0 Å². The van der Waals surface area contributed by atoms with Crippen molar-refractivity contribution in [1.29, 1.82) is 0 Å². The number of rotatable bonds is 4. The molecule has 0 bridgehead atoms. The summed E-state index contributed by atoms with van der Waals surface area (Å²) in [6.45, 7) is 1.95. The third kappa shape index (κ3) is 6.89. The second-order valence-electron chi connectivity index (χ2n) is 1.69. The molecule has 0 spiro atoms. The maximum atomic E-state index is 9.68. The Hall–Kier alpha value is -1.11. The van der Waals surface area contributed by atoms with Gasteiger partial charge in [-0.3, -0.25) is 4.79 Å². The molecular formula is C9H11O. The Morgan fingerprint density at radius 1 is 1.20 bits per heavy atom. The Kier molecular flexibility index (Phi) is 7.01. The van der Waals surface area contributed by atoms with Gasteiger partial charge in [-0.1, -0.05) is 36.5 Å². The zero-order chi connectivity index (χ0) is 7.66. The van der Waals surface area contributed by atoms with E-state index in [1.54, 1.807) is 12.4 Å². The third-order valence-corrected chi connectivity index (χ3v) is 0.863. The molecule has 0 saturated heterocycles. The smallest absolute Gasteiger partial charge is 0.202 e. The molecule has 0 aliphatic rings. The van der Waals surface area contributed by atoms with E-state index >= 15 is 0 Å². The van der Waals surface area contributed by atoms with Gasteiger partial charge in [-0.05, 0) is 6.92 Å². The Balaban J connectivity index is 3.41. The molecule has 0 aromatic heterocycles. The SMILES string of the molecule is CC=CC=CC=CC[C]=O. The summed E-state index contributed by atoms with van der Waals surface area (Å²) in [6.07, 6.45) is 13.4. The van der Waals surface area contributed by atoms with Crippen molar-refractivity contribution in [3.05, 3.63) is 36.5 Å². The highest BCUT2D eigenvalue weighted by atomic mass is 16.1. The number of hydrogen-bond donors (Lipinski definition) is 0. The molecule has 0 aromatic carbocycles. The summed E-state index contributed by atoms with van der Waals surface area (Å²) < 4.78 is 0. The van der Waals surface area contributed by atoms with Crippen LogP contribution in [0.25, 0.3) is 0 Å². The summed E-state index contributed by atoms with van der Waals surface area (Å²) >= 11 is 0. The van der Waals surface area contributed by atoms with Crippen LogP contribution in [-0.4, -0.2) is 6.29 Å². The fraction of sp³-hybridized carbons (Fsp3) is 0.222. The minimum absolute atomic E-state index is 0.375. The van der Waals surface area contributed by atoms with Crippen molar-refractivity contribution >= 4 is 6.29 Å². The van der Waals surface area contributed by atoms with E-state index < -0.39 is 0 Å². The molecule has 0 aliphatic heterocycles. The number of allylic oxidation sites excluding steroid dienone is 6. The lowest BCUT2D eigenvalue weighted by Gasteiger charge is -1.72. The van der Waals surface area contributed by atoms with Crippen LogP contribution in [0.3, 0.4) is 0 Å². The van der Waals surface area contributed by atoms with Crippen LogP contribution in [0.2, 0.25) is 0 Å². The first-order valence-corrected chi connectivity index (χ1v) is 3.21. The van der Waals surface area contributed by atoms with E-state index in [0.29, 0.717) is 6.42 Å². The van der Waals surface area contributed by atoms with Crippen molar-refractivity contribution in [1.82, 2.24) is 0 Å². The van der Waals surface area contributed by atoms with Crippen molar-refractivity contribution in [3.63, 3.8) is 0 Å². The van der Waals surface area contributed by atoms with Crippen LogP contribution >= 0.6 is 0 Å². The Morgan fingerprint density at radius 2 is 1.90 bits per heavy atom. The van der Waals surface area contributed by atoms with Crippen molar-refractivity contribution in [2.24, 2.45) is 0 Å². The van der Waals surface area contributed by atoms with Crippen LogP contribution in [0.15, 0.2) is 36.5 Å². The molecule has 53 valence electrons. The average molecular weight is 135 g/mol. The van der Waals surface area contributed by atoms with Crippen molar-refractivity contribution in [3.8, 4) is 0 Å². The van der Waals surface area contributed by atoms with Crippen LogP contribution < -0.4 is 0 Å². The third-order valence-electron chi connectivity index (χ3n) is 0.863. The van der Waals surface area contributed by atoms with Gasteiger partial charge in [-0.25, -0.2) is 0 Å². The van der Waals surface area contributed by atoms with Crippen LogP contribution in [0.4, 0.5) is 0 Å². The average Bonchev–Trinajstić information content (AvgIpc) is 1.97. The monoisotopic (exact) mass is 135 g/mol. The Morgan fingerprint density at radius 3 is 2.50 bits per heavy atom. The summed E-state index contributed by atoms with van der Waals surface area (Å²) in [6, 6.07) is 0. The van der Waals surface area contributed by atoms with Crippen LogP contribution in [0.5, 0.6) is 0 Å². The van der Waals surface area contributed by atoms with Gasteiger partial charge in [0.1, 0.15) is 0 Å². The standard InChI is InChI=1S/C9H11O/c1-2-3-4-5-6-7-8-9-10/h2-7H,8H2,1H3. The molecule has 1 heteroatoms.